The molecule has 0 saturated carbocycles. The molecule has 6 nitrogen and oxygen atoms in total. The van der Waals surface area contributed by atoms with E-state index in [1.165, 1.54) is 6.07 Å². The van der Waals surface area contributed by atoms with Crippen molar-refractivity contribution in [2.45, 2.75) is 37.1 Å². The Labute approximate surface area is 118 Å². The van der Waals surface area contributed by atoms with Gasteiger partial charge in [0.1, 0.15) is 0 Å². The van der Waals surface area contributed by atoms with Crippen molar-refractivity contribution in [3.63, 3.8) is 0 Å². The van der Waals surface area contributed by atoms with Crippen molar-refractivity contribution < 1.29 is 13.2 Å². The van der Waals surface area contributed by atoms with E-state index in [1.807, 2.05) is 6.92 Å². The monoisotopic (exact) mass is 297 g/mol. The summed E-state index contributed by atoms with van der Waals surface area (Å²) in [6, 6.07) is 4.37. The van der Waals surface area contributed by atoms with Crippen LogP contribution in [0, 0.1) is 0 Å². The Hall–Kier alpha value is -1.44. The summed E-state index contributed by atoms with van der Waals surface area (Å²) >= 11 is 0. The van der Waals surface area contributed by atoms with Gasteiger partial charge in [0.25, 0.3) is 0 Å². The minimum Gasteiger partial charge on any atom is -0.329 e. The van der Waals surface area contributed by atoms with Crippen molar-refractivity contribution in [1.82, 2.24) is 4.72 Å². The van der Waals surface area contributed by atoms with Gasteiger partial charge in [-0.15, -0.1) is 0 Å². The summed E-state index contributed by atoms with van der Waals surface area (Å²) in [5.41, 5.74) is 6.90. The number of hydrogen-bond acceptors (Lipinski definition) is 4. The van der Waals surface area contributed by atoms with Gasteiger partial charge in [0.2, 0.25) is 15.9 Å². The van der Waals surface area contributed by atoms with Gasteiger partial charge < -0.3 is 11.1 Å². The topological polar surface area (TPSA) is 101 Å². The van der Waals surface area contributed by atoms with Gasteiger partial charge in [0.05, 0.1) is 10.8 Å². The first-order valence-electron chi connectivity index (χ1n) is 6.56. The third-order valence-electron chi connectivity index (χ3n) is 3.55. The second-order valence-electron chi connectivity index (χ2n) is 4.92. The number of anilines is 1. The van der Waals surface area contributed by atoms with E-state index in [4.69, 9.17) is 5.73 Å². The average molecular weight is 297 g/mol. The highest BCUT2D eigenvalue weighted by molar-refractivity contribution is 7.89. The lowest BCUT2D eigenvalue weighted by atomic mass is 10.0. The molecular weight excluding hydrogens is 278 g/mol. The van der Waals surface area contributed by atoms with Crippen LogP contribution in [0.3, 0.4) is 0 Å². The Morgan fingerprint density at radius 1 is 1.45 bits per heavy atom. The molecule has 20 heavy (non-hydrogen) atoms. The van der Waals surface area contributed by atoms with E-state index in [1.54, 1.807) is 19.1 Å². The van der Waals surface area contributed by atoms with Crippen LogP contribution in [-0.4, -0.2) is 26.9 Å². The standard InChI is InChI=1S/C13H19N3O3S/c1-3-9(7-14)16-20(18,19)10-4-5-12-11(6-10)8(2)13(17)15-12/h4-6,8-9,16H,3,7,14H2,1-2H3,(H,15,17). The van der Waals surface area contributed by atoms with E-state index in [2.05, 4.69) is 10.0 Å². The van der Waals surface area contributed by atoms with Crippen LogP contribution in [0.5, 0.6) is 0 Å². The van der Waals surface area contributed by atoms with Crippen LogP contribution in [-0.2, 0) is 14.8 Å². The van der Waals surface area contributed by atoms with Gasteiger partial charge in [-0.05, 0) is 37.1 Å². The van der Waals surface area contributed by atoms with Crippen LogP contribution in [0.1, 0.15) is 31.7 Å². The SMILES string of the molecule is CCC(CN)NS(=O)(=O)c1ccc2c(c1)C(C)C(=O)N2. The van der Waals surface area contributed by atoms with Crippen molar-refractivity contribution in [1.29, 1.82) is 0 Å². The lowest BCUT2D eigenvalue weighted by molar-refractivity contribution is -0.116. The Morgan fingerprint density at radius 3 is 2.75 bits per heavy atom. The minimum absolute atomic E-state index is 0.115. The lowest BCUT2D eigenvalue weighted by Gasteiger charge is -2.15. The van der Waals surface area contributed by atoms with E-state index in [0.717, 1.165) is 0 Å². The number of amides is 1. The highest BCUT2D eigenvalue weighted by Gasteiger charge is 2.28. The number of nitrogens with one attached hydrogen (secondary N) is 2. The molecule has 0 aliphatic carbocycles. The predicted octanol–water partition coefficient (Wildman–Crippen LogP) is 0.758. The van der Waals surface area contributed by atoms with Crippen molar-refractivity contribution in [2.75, 3.05) is 11.9 Å². The number of benzene rings is 1. The molecule has 1 amide bonds. The number of nitrogens with two attached hydrogens (primary N) is 1. The number of fused-ring (bicyclic) bond motifs is 1. The van der Waals surface area contributed by atoms with Crippen LogP contribution < -0.4 is 15.8 Å². The smallest absolute Gasteiger partial charge is 0.240 e. The molecule has 1 aromatic carbocycles. The fourth-order valence-corrected chi connectivity index (χ4v) is 3.51. The van der Waals surface area contributed by atoms with E-state index < -0.39 is 10.0 Å². The second-order valence-corrected chi connectivity index (χ2v) is 6.64. The summed E-state index contributed by atoms with van der Waals surface area (Å²) in [7, 11) is -3.62. The highest BCUT2D eigenvalue weighted by atomic mass is 32.2. The number of sulfonamides is 1. The predicted molar refractivity (Wildman–Crippen MR) is 76.9 cm³/mol. The number of rotatable bonds is 5. The highest BCUT2D eigenvalue weighted by Crippen LogP contribution is 2.33. The van der Waals surface area contributed by atoms with E-state index in [0.29, 0.717) is 17.7 Å². The molecule has 1 aliphatic heterocycles. The van der Waals surface area contributed by atoms with E-state index >= 15 is 0 Å². The Balaban J connectivity index is 2.33. The van der Waals surface area contributed by atoms with Crippen LogP contribution in [0.2, 0.25) is 0 Å². The van der Waals surface area contributed by atoms with Crippen molar-refractivity contribution in [3.05, 3.63) is 23.8 Å². The third-order valence-corrected chi connectivity index (χ3v) is 5.07. The molecule has 0 fully saturated rings. The van der Waals surface area contributed by atoms with E-state index in [9.17, 15) is 13.2 Å². The largest absolute Gasteiger partial charge is 0.329 e. The molecule has 1 aliphatic rings. The Kier molecular flexibility index (Phi) is 4.12. The molecule has 1 aromatic rings. The first-order chi connectivity index (χ1) is 9.39. The quantitative estimate of drug-likeness (QED) is 0.746. The zero-order chi connectivity index (χ0) is 14.9. The molecule has 0 aromatic heterocycles. The molecule has 0 spiro atoms. The molecule has 2 atom stereocenters. The van der Waals surface area contributed by atoms with E-state index in [-0.39, 0.29) is 29.3 Å². The van der Waals surface area contributed by atoms with Gasteiger partial charge in [-0.3, -0.25) is 4.79 Å². The number of hydrogen-bond donors (Lipinski definition) is 3. The third kappa shape index (κ3) is 2.70. The second kappa shape index (κ2) is 5.51. The molecule has 1 heterocycles. The molecule has 0 radical (unpaired) electrons. The first kappa shape index (κ1) is 15.0. The summed E-state index contributed by atoms with van der Waals surface area (Å²) in [5, 5.41) is 2.71. The minimum atomic E-state index is -3.62. The molecule has 110 valence electrons. The summed E-state index contributed by atoms with van der Waals surface area (Å²) in [4.78, 5) is 11.7. The summed E-state index contributed by atoms with van der Waals surface area (Å²) in [5.74, 6) is -0.451. The van der Waals surface area contributed by atoms with Crippen molar-refractivity contribution >= 4 is 21.6 Å². The van der Waals surface area contributed by atoms with Crippen LogP contribution in [0.15, 0.2) is 23.1 Å². The molecular formula is C13H19N3O3S. The zero-order valence-corrected chi connectivity index (χ0v) is 12.3. The molecule has 0 bridgehead atoms. The molecule has 4 N–H and O–H groups in total. The molecule has 2 unspecified atom stereocenters. The van der Waals surface area contributed by atoms with Gasteiger partial charge in [0, 0.05) is 18.3 Å². The maximum Gasteiger partial charge on any atom is 0.240 e. The van der Waals surface area contributed by atoms with Crippen molar-refractivity contribution in [3.8, 4) is 0 Å². The fourth-order valence-electron chi connectivity index (χ4n) is 2.15. The van der Waals surface area contributed by atoms with Gasteiger partial charge in [0.15, 0.2) is 0 Å². The summed E-state index contributed by atoms with van der Waals surface area (Å²) in [6.45, 7) is 3.87. The number of carbonyl (C=O) groups is 1. The van der Waals surface area contributed by atoms with Gasteiger partial charge in [-0.1, -0.05) is 6.92 Å². The fraction of sp³-hybridized carbons (Fsp3) is 0.462. The van der Waals surface area contributed by atoms with Gasteiger partial charge >= 0.3 is 0 Å². The Morgan fingerprint density at radius 2 is 2.15 bits per heavy atom. The average Bonchev–Trinajstić information content (AvgIpc) is 2.71. The molecule has 0 saturated heterocycles. The van der Waals surface area contributed by atoms with Crippen LogP contribution >= 0.6 is 0 Å². The van der Waals surface area contributed by atoms with Crippen LogP contribution in [0.25, 0.3) is 0 Å². The summed E-state index contributed by atoms with van der Waals surface area (Å²) in [6.07, 6.45) is 0.622. The Bertz CT molecular complexity index is 624. The lowest BCUT2D eigenvalue weighted by Crippen LogP contribution is -2.39. The molecule has 7 heteroatoms. The van der Waals surface area contributed by atoms with Crippen LogP contribution in [0.4, 0.5) is 5.69 Å². The molecule has 2 rings (SSSR count). The van der Waals surface area contributed by atoms with Gasteiger partial charge in [-0.2, -0.15) is 0 Å². The van der Waals surface area contributed by atoms with Gasteiger partial charge in [-0.25, -0.2) is 13.1 Å². The van der Waals surface area contributed by atoms with Crippen molar-refractivity contribution in [2.24, 2.45) is 5.73 Å². The first-order valence-corrected chi connectivity index (χ1v) is 8.04. The number of carbonyl (C=O) groups excluding carboxylic acids is 1. The zero-order valence-electron chi connectivity index (χ0n) is 11.5. The maximum atomic E-state index is 12.3. The summed E-state index contributed by atoms with van der Waals surface area (Å²) < 4.78 is 27.1. The normalized spacial score (nSPS) is 19.6. The maximum absolute atomic E-state index is 12.3.